The Morgan fingerprint density at radius 2 is 2.00 bits per heavy atom. The standard InChI is InChI=1S/C22H37N3O2.HI/c1-4-23-22(25(3)15-11-20-12-17-26-18-13-20)24-14-8-16-27-19(2)21-9-6-5-7-10-21;/h5-7,9-10,19-20H,4,8,11-18H2,1-3H3,(H,23,24);1H. The average Bonchev–Trinajstić information content (AvgIpc) is 2.72. The molecule has 0 spiro atoms. The van der Waals surface area contributed by atoms with Crippen LogP contribution < -0.4 is 5.32 Å². The van der Waals surface area contributed by atoms with Crippen LogP contribution in [-0.4, -0.2) is 57.4 Å². The first-order chi connectivity index (χ1) is 13.2. The van der Waals surface area contributed by atoms with E-state index in [1.54, 1.807) is 0 Å². The number of aliphatic imine (C=N–C) groups is 1. The maximum Gasteiger partial charge on any atom is 0.193 e. The second-order valence-corrected chi connectivity index (χ2v) is 7.28. The van der Waals surface area contributed by atoms with Crippen molar-refractivity contribution in [1.29, 1.82) is 0 Å². The first kappa shape index (κ1) is 25.2. The Bertz CT molecular complexity index is 536. The number of nitrogens with zero attached hydrogens (tertiary/aromatic N) is 2. The van der Waals surface area contributed by atoms with Gasteiger partial charge in [0.2, 0.25) is 0 Å². The molecule has 5 nitrogen and oxygen atoms in total. The fourth-order valence-corrected chi connectivity index (χ4v) is 3.32. The summed E-state index contributed by atoms with van der Waals surface area (Å²) in [5, 5.41) is 3.41. The van der Waals surface area contributed by atoms with Crippen molar-refractivity contribution in [1.82, 2.24) is 10.2 Å². The van der Waals surface area contributed by atoms with Crippen molar-refractivity contribution in [2.24, 2.45) is 10.9 Å². The van der Waals surface area contributed by atoms with Gasteiger partial charge in [-0.2, -0.15) is 0 Å². The lowest BCUT2D eigenvalue weighted by atomic mass is 9.96. The smallest absolute Gasteiger partial charge is 0.193 e. The van der Waals surface area contributed by atoms with E-state index in [1.807, 2.05) is 6.07 Å². The van der Waals surface area contributed by atoms with Gasteiger partial charge in [0, 0.05) is 46.5 Å². The second-order valence-electron chi connectivity index (χ2n) is 7.28. The van der Waals surface area contributed by atoms with Gasteiger partial charge in [0.25, 0.3) is 0 Å². The summed E-state index contributed by atoms with van der Waals surface area (Å²) < 4.78 is 11.4. The zero-order chi connectivity index (χ0) is 19.3. The highest BCUT2D eigenvalue weighted by Gasteiger charge is 2.15. The number of guanidine groups is 1. The summed E-state index contributed by atoms with van der Waals surface area (Å²) in [4.78, 5) is 7.03. The molecule has 1 aliphatic heterocycles. The quantitative estimate of drug-likeness (QED) is 0.221. The molecule has 0 radical (unpaired) electrons. The third kappa shape index (κ3) is 9.56. The lowest BCUT2D eigenvalue weighted by Gasteiger charge is -2.26. The van der Waals surface area contributed by atoms with Crippen LogP contribution in [0.15, 0.2) is 35.3 Å². The Hall–Kier alpha value is -0.860. The van der Waals surface area contributed by atoms with Gasteiger partial charge in [0.1, 0.15) is 0 Å². The van der Waals surface area contributed by atoms with Crippen LogP contribution in [0.2, 0.25) is 0 Å². The third-order valence-electron chi connectivity index (χ3n) is 5.11. The van der Waals surface area contributed by atoms with Gasteiger partial charge >= 0.3 is 0 Å². The van der Waals surface area contributed by atoms with E-state index in [0.29, 0.717) is 0 Å². The molecule has 1 fully saturated rings. The van der Waals surface area contributed by atoms with Crippen LogP contribution >= 0.6 is 24.0 Å². The third-order valence-corrected chi connectivity index (χ3v) is 5.11. The number of rotatable bonds is 10. The monoisotopic (exact) mass is 503 g/mol. The molecule has 1 unspecified atom stereocenters. The molecule has 160 valence electrons. The molecule has 1 N–H and O–H groups in total. The molecule has 1 aliphatic rings. The van der Waals surface area contributed by atoms with Crippen LogP contribution in [0.3, 0.4) is 0 Å². The normalized spacial score (nSPS) is 16.3. The average molecular weight is 503 g/mol. The van der Waals surface area contributed by atoms with Crippen molar-refractivity contribution < 1.29 is 9.47 Å². The minimum absolute atomic E-state index is 0. The number of ether oxygens (including phenoxy) is 2. The molecular formula is C22H38IN3O2. The van der Waals surface area contributed by atoms with Crippen LogP contribution in [0.1, 0.15) is 51.2 Å². The maximum absolute atomic E-state index is 5.94. The summed E-state index contributed by atoms with van der Waals surface area (Å²) in [6.07, 6.45) is 4.66. The van der Waals surface area contributed by atoms with Crippen molar-refractivity contribution in [3.63, 3.8) is 0 Å². The van der Waals surface area contributed by atoms with E-state index in [0.717, 1.165) is 57.8 Å². The lowest BCUT2D eigenvalue weighted by Crippen LogP contribution is -2.40. The summed E-state index contributed by atoms with van der Waals surface area (Å²) in [6, 6.07) is 10.4. The molecule has 1 aromatic carbocycles. The molecule has 2 rings (SSSR count). The van der Waals surface area contributed by atoms with Crippen molar-refractivity contribution in [2.75, 3.05) is 46.5 Å². The van der Waals surface area contributed by atoms with Gasteiger partial charge in [-0.25, -0.2) is 0 Å². The Morgan fingerprint density at radius 3 is 2.68 bits per heavy atom. The molecular weight excluding hydrogens is 465 g/mol. The van der Waals surface area contributed by atoms with E-state index in [9.17, 15) is 0 Å². The molecule has 0 saturated carbocycles. The van der Waals surface area contributed by atoms with Crippen molar-refractivity contribution >= 4 is 29.9 Å². The number of nitrogens with one attached hydrogen (secondary N) is 1. The zero-order valence-electron chi connectivity index (χ0n) is 17.7. The van der Waals surface area contributed by atoms with E-state index < -0.39 is 0 Å². The van der Waals surface area contributed by atoms with Crippen LogP contribution in [0.4, 0.5) is 0 Å². The fraction of sp³-hybridized carbons (Fsp3) is 0.682. The summed E-state index contributed by atoms with van der Waals surface area (Å²) in [7, 11) is 2.13. The summed E-state index contributed by atoms with van der Waals surface area (Å²) >= 11 is 0. The van der Waals surface area contributed by atoms with Crippen molar-refractivity contribution in [3.05, 3.63) is 35.9 Å². The van der Waals surface area contributed by atoms with E-state index in [-0.39, 0.29) is 30.1 Å². The van der Waals surface area contributed by atoms with Crippen LogP contribution in [0.25, 0.3) is 0 Å². The highest BCUT2D eigenvalue weighted by molar-refractivity contribution is 14.0. The molecule has 1 aromatic rings. The number of hydrogen-bond donors (Lipinski definition) is 1. The molecule has 1 atom stereocenters. The zero-order valence-corrected chi connectivity index (χ0v) is 20.1. The molecule has 1 heterocycles. The molecule has 1 saturated heterocycles. The van der Waals surface area contributed by atoms with Crippen LogP contribution in [0.5, 0.6) is 0 Å². The number of halogens is 1. The molecule has 0 aromatic heterocycles. The van der Waals surface area contributed by atoms with Gasteiger partial charge in [-0.05, 0) is 51.0 Å². The van der Waals surface area contributed by atoms with Gasteiger partial charge in [0.05, 0.1) is 6.10 Å². The first-order valence-corrected chi connectivity index (χ1v) is 10.4. The summed E-state index contributed by atoms with van der Waals surface area (Å²) in [5.41, 5.74) is 1.22. The topological polar surface area (TPSA) is 46.1 Å². The Labute approximate surface area is 188 Å². The van der Waals surface area contributed by atoms with E-state index >= 15 is 0 Å². The molecule has 28 heavy (non-hydrogen) atoms. The summed E-state index contributed by atoms with van der Waals surface area (Å²) in [6.45, 7) is 9.50. The molecule has 0 amide bonds. The first-order valence-electron chi connectivity index (χ1n) is 10.4. The fourth-order valence-electron chi connectivity index (χ4n) is 3.32. The molecule has 6 heteroatoms. The van der Waals surface area contributed by atoms with Crippen LogP contribution in [0, 0.1) is 5.92 Å². The number of hydrogen-bond acceptors (Lipinski definition) is 3. The summed E-state index contributed by atoms with van der Waals surface area (Å²) in [5.74, 6) is 1.79. The van der Waals surface area contributed by atoms with E-state index in [1.165, 1.54) is 24.8 Å². The SMILES string of the molecule is CCNC(=NCCCOC(C)c1ccccc1)N(C)CCC1CCOCC1.I. The van der Waals surface area contributed by atoms with E-state index in [4.69, 9.17) is 14.5 Å². The van der Waals surface area contributed by atoms with Gasteiger partial charge in [-0.15, -0.1) is 24.0 Å². The maximum atomic E-state index is 5.94. The van der Waals surface area contributed by atoms with Crippen molar-refractivity contribution in [3.8, 4) is 0 Å². The highest BCUT2D eigenvalue weighted by atomic mass is 127. The predicted molar refractivity (Wildman–Crippen MR) is 128 cm³/mol. The predicted octanol–water partition coefficient (Wildman–Crippen LogP) is 4.49. The lowest BCUT2D eigenvalue weighted by molar-refractivity contribution is 0.0625. The van der Waals surface area contributed by atoms with Crippen molar-refractivity contribution in [2.45, 2.75) is 45.6 Å². The van der Waals surface area contributed by atoms with Gasteiger partial charge in [-0.3, -0.25) is 4.99 Å². The number of benzene rings is 1. The van der Waals surface area contributed by atoms with Gasteiger partial charge in [0.15, 0.2) is 5.96 Å². The second kappa shape index (κ2) is 15.0. The largest absolute Gasteiger partial charge is 0.381 e. The Balaban J connectivity index is 0.00000392. The Kier molecular flexibility index (Phi) is 13.5. The van der Waals surface area contributed by atoms with Gasteiger partial charge in [-0.1, -0.05) is 30.3 Å². The van der Waals surface area contributed by atoms with E-state index in [2.05, 4.69) is 55.4 Å². The molecule has 0 aliphatic carbocycles. The minimum atomic E-state index is 0. The molecule has 0 bridgehead atoms. The van der Waals surface area contributed by atoms with Gasteiger partial charge < -0.3 is 19.7 Å². The highest BCUT2D eigenvalue weighted by Crippen LogP contribution is 2.18. The minimum Gasteiger partial charge on any atom is -0.381 e. The Morgan fingerprint density at radius 1 is 1.29 bits per heavy atom. The van der Waals surface area contributed by atoms with Crippen LogP contribution in [-0.2, 0) is 9.47 Å².